The molecule has 0 radical (unpaired) electrons. The summed E-state index contributed by atoms with van der Waals surface area (Å²) < 4.78 is 40.2. The summed E-state index contributed by atoms with van der Waals surface area (Å²) >= 11 is 1.63. The van der Waals surface area contributed by atoms with Crippen LogP contribution in [0.15, 0.2) is 23.1 Å². The monoisotopic (exact) mass is 320 g/mol. The van der Waals surface area contributed by atoms with E-state index in [-0.39, 0.29) is 15.3 Å². The molecule has 0 aliphatic carbocycles. The molecule has 3 N–H and O–H groups in total. The number of nitrogen functional groups attached to an aromatic ring is 1. The molecule has 0 saturated heterocycles. The molecule has 0 bridgehead atoms. The third kappa shape index (κ3) is 3.65. The molecule has 1 rings (SSSR count). The minimum Gasteiger partial charge on any atom is -0.395 e. The number of hydrogen-bond acceptors (Lipinski definition) is 4. The van der Waals surface area contributed by atoms with Gasteiger partial charge in [0.2, 0.25) is 10.0 Å². The number of rotatable bonds is 7. The highest BCUT2D eigenvalue weighted by atomic mass is 32.2. The van der Waals surface area contributed by atoms with Crippen molar-refractivity contribution in [1.29, 1.82) is 0 Å². The van der Waals surface area contributed by atoms with Gasteiger partial charge in [-0.1, -0.05) is 19.9 Å². The second-order valence-electron chi connectivity index (χ2n) is 4.57. The topological polar surface area (TPSA) is 72.2 Å². The molecule has 1 aromatic rings. The number of hydrogen-bond donors (Lipinski definition) is 2. The normalized spacial score (nSPS) is 12.6. The summed E-state index contributed by atoms with van der Waals surface area (Å²) in [5.74, 6) is -0.727. The Morgan fingerprint density at radius 1 is 1.35 bits per heavy atom. The van der Waals surface area contributed by atoms with Gasteiger partial charge in [-0.15, -0.1) is 0 Å². The van der Waals surface area contributed by atoms with Crippen molar-refractivity contribution in [1.82, 2.24) is 4.72 Å². The Morgan fingerprint density at radius 3 is 2.45 bits per heavy atom. The van der Waals surface area contributed by atoms with Crippen LogP contribution in [0.3, 0.4) is 0 Å². The van der Waals surface area contributed by atoms with Crippen LogP contribution in [-0.2, 0) is 10.0 Å². The van der Waals surface area contributed by atoms with E-state index in [4.69, 9.17) is 5.73 Å². The Balaban J connectivity index is 2.99. The van der Waals surface area contributed by atoms with Crippen LogP contribution >= 0.6 is 11.8 Å². The third-order valence-electron chi connectivity index (χ3n) is 3.61. The average Bonchev–Trinajstić information content (AvgIpc) is 2.44. The predicted molar refractivity (Wildman–Crippen MR) is 82.8 cm³/mol. The predicted octanol–water partition coefficient (Wildman–Crippen LogP) is 2.61. The molecule has 0 heterocycles. The van der Waals surface area contributed by atoms with Gasteiger partial charge < -0.3 is 5.73 Å². The molecule has 0 aliphatic heterocycles. The first kappa shape index (κ1) is 17.3. The number of halogens is 1. The van der Waals surface area contributed by atoms with E-state index < -0.39 is 15.8 Å². The Hall–Kier alpha value is -0.790. The summed E-state index contributed by atoms with van der Waals surface area (Å²) in [6.07, 6.45) is 3.63. The Morgan fingerprint density at radius 2 is 1.95 bits per heavy atom. The highest BCUT2D eigenvalue weighted by Crippen LogP contribution is 2.30. The van der Waals surface area contributed by atoms with Gasteiger partial charge in [-0.25, -0.2) is 17.5 Å². The van der Waals surface area contributed by atoms with Crippen LogP contribution in [0.1, 0.15) is 26.7 Å². The first-order valence-electron chi connectivity index (χ1n) is 6.40. The lowest BCUT2D eigenvalue weighted by atomic mass is 10.0. The third-order valence-corrected chi connectivity index (χ3v) is 6.66. The van der Waals surface area contributed by atoms with E-state index in [1.807, 2.05) is 20.1 Å². The lowest BCUT2D eigenvalue weighted by Gasteiger charge is -2.29. The molecule has 0 spiro atoms. The van der Waals surface area contributed by atoms with E-state index in [1.54, 1.807) is 11.8 Å². The number of nitrogens with two attached hydrogens (primary N) is 1. The van der Waals surface area contributed by atoms with Gasteiger partial charge in [-0.3, -0.25) is 0 Å². The fourth-order valence-corrected chi connectivity index (χ4v) is 4.07. The molecule has 7 heteroatoms. The molecular weight excluding hydrogens is 299 g/mol. The molecule has 1 aromatic carbocycles. The van der Waals surface area contributed by atoms with Crippen molar-refractivity contribution in [3.63, 3.8) is 0 Å². The van der Waals surface area contributed by atoms with Crippen molar-refractivity contribution in [2.24, 2.45) is 0 Å². The van der Waals surface area contributed by atoms with Gasteiger partial charge >= 0.3 is 0 Å². The summed E-state index contributed by atoms with van der Waals surface area (Å²) in [5, 5.41) is 0. The number of sulfonamides is 1. The first-order chi connectivity index (χ1) is 9.32. The van der Waals surface area contributed by atoms with Crippen molar-refractivity contribution in [2.75, 3.05) is 18.5 Å². The molecule has 0 aliphatic rings. The van der Waals surface area contributed by atoms with Crippen LogP contribution < -0.4 is 10.5 Å². The molecule has 0 amide bonds. The number of thioether (sulfide) groups is 1. The smallest absolute Gasteiger partial charge is 0.242 e. The van der Waals surface area contributed by atoms with Gasteiger partial charge in [0.15, 0.2) is 0 Å². The lowest BCUT2D eigenvalue weighted by Crippen LogP contribution is -2.39. The maximum atomic E-state index is 13.4. The van der Waals surface area contributed by atoms with Crippen molar-refractivity contribution in [3.05, 3.63) is 24.0 Å². The summed E-state index contributed by atoms with van der Waals surface area (Å²) in [4.78, 5) is -0.209. The van der Waals surface area contributed by atoms with Gasteiger partial charge in [-0.05, 0) is 31.2 Å². The van der Waals surface area contributed by atoms with Gasteiger partial charge in [0.05, 0.1) is 5.69 Å². The highest BCUT2D eigenvalue weighted by molar-refractivity contribution is 8.00. The quantitative estimate of drug-likeness (QED) is 0.758. The average molecular weight is 320 g/mol. The molecule has 114 valence electrons. The molecule has 0 fully saturated rings. The fraction of sp³-hybridized carbons (Fsp3) is 0.538. The zero-order valence-corrected chi connectivity index (χ0v) is 13.6. The van der Waals surface area contributed by atoms with Crippen molar-refractivity contribution < 1.29 is 12.8 Å². The molecule has 20 heavy (non-hydrogen) atoms. The second kappa shape index (κ2) is 6.78. The Kier molecular flexibility index (Phi) is 5.85. The largest absolute Gasteiger partial charge is 0.395 e. The maximum Gasteiger partial charge on any atom is 0.242 e. The van der Waals surface area contributed by atoms with Crippen molar-refractivity contribution >= 4 is 27.5 Å². The summed E-state index contributed by atoms with van der Waals surface area (Å²) in [6.45, 7) is 4.33. The van der Waals surface area contributed by atoms with Gasteiger partial charge in [0, 0.05) is 11.3 Å². The molecular formula is C13H21FN2O2S2. The van der Waals surface area contributed by atoms with E-state index >= 15 is 0 Å². The number of para-hydroxylation sites is 1. The lowest BCUT2D eigenvalue weighted by molar-refractivity contribution is 0.521. The van der Waals surface area contributed by atoms with Gasteiger partial charge in [0.1, 0.15) is 10.7 Å². The zero-order valence-electron chi connectivity index (χ0n) is 11.9. The van der Waals surface area contributed by atoms with Gasteiger partial charge in [0.25, 0.3) is 0 Å². The Bertz CT molecular complexity index is 549. The van der Waals surface area contributed by atoms with E-state index in [9.17, 15) is 12.8 Å². The van der Waals surface area contributed by atoms with Crippen molar-refractivity contribution in [2.45, 2.75) is 36.3 Å². The summed E-state index contributed by atoms with van der Waals surface area (Å²) in [6, 6.07) is 3.78. The fourth-order valence-electron chi connectivity index (χ4n) is 1.92. The first-order valence-corrected chi connectivity index (χ1v) is 9.11. The maximum absolute atomic E-state index is 13.4. The van der Waals surface area contributed by atoms with E-state index in [1.165, 1.54) is 12.1 Å². The highest BCUT2D eigenvalue weighted by Gasteiger charge is 2.28. The van der Waals surface area contributed by atoms with Crippen LogP contribution in [0.4, 0.5) is 10.1 Å². The van der Waals surface area contributed by atoms with E-state index in [2.05, 4.69) is 4.72 Å². The van der Waals surface area contributed by atoms with E-state index in [0.717, 1.165) is 18.9 Å². The van der Waals surface area contributed by atoms with Gasteiger partial charge in [-0.2, -0.15) is 11.8 Å². The summed E-state index contributed by atoms with van der Waals surface area (Å²) in [5.41, 5.74) is 5.16. The molecule has 0 saturated carbocycles. The van der Waals surface area contributed by atoms with Crippen molar-refractivity contribution in [3.8, 4) is 0 Å². The van der Waals surface area contributed by atoms with Crippen LogP contribution in [-0.4, -0.2) is 26.0 Å². The number of benzene rings is 1. The number of anilines is 1. The molecule has 0 aromatic heterocycles. The molecule has 0 unspecified atom stereocenters. The van der Waals surface area contributed by atoms with Crippen LogP contribution in [0.2, 0.25) is 0 Å². The summed E-state index contributed by atoms with van der Waals surface area (Å²) in [7, 11) is -3.81. The Labute approximate surface area is 124 Å². The minimum atomic E-state index is -3.81. The SMILES string of the molecule is CCC(CC)(CNS(=O)(=O)c1cccc(F)c1N)SC. The molecule has 4 nitrogen and oxygen atoms in total. The second-order valence-corrected chi connectivity index (χ2v) is 7.58. The van der Waals surface area contributed by atoms with Crippen LogP contribution in [0.25, 0.3) is 0 Å². The van der Waals surface area contributed by atoms with Crippen LogP contribution in [0, 0.1) is 5.82 Å². The molecule has 0 atom stereocenters. The number of nitrogens with one attached hydrogen (secondary N) is 1. The minimum absolute atomic E-state index is 0.158. The van der Waals surface area contributed by atoms with Crippen LogP contribution in [0.5, 0.6) is 0 Å². The standard InChI is InChI=1S/C13H21FN2O2S2/c1-4-13(5-2,19-3)9-16-20(17,18)11-8-6-7-10(14)12(11)15/h6-8,16H,4-5,9,15H2,1-3H3. The zero-order chi connectivity index (χ0) is 15.4. The van der Waals surface area contributed by atoms with E-state index in [0.29, 0.717) is 6.54 Å².